The molecule has 0 bridgehead atoms. The molecule has 2 aromatic heterocycles. The maximum Gasteiger partial charge on any atom is 0.151 e. The number of nitrogens with zero attached hydrogens (tertiary/aromatic N) is 4. The standard InChI is InChI=1S/C12H18FN5.ClH/c1-9-7-18(5-4-13)16-12(9)14-6-11-8-17(3)15-10(11)2;/h7-8H,4-6H2,1-3H3,(H,14,16);1H. The minimum absolute atomic E-state index is 0. The van der Waals surface area contributed by atoms with Crippen LogP contribution in [0.2, 0.25) is 0 Å². The monoisotopic (exact) mass is 287 g/mol. The molecule has 19 heavy (non-hydrogen) atoms. The largest absolute Gasteiger partial charge is 0.364 e. The van der Waals surface area contributed by atoms with Crippen molar-refractivity contribution in [3.63, 3.8) is 0 Å². The fourth-order valence-corrected chi connectivity index (χ4v) is 1.90. The van der Waals surface area contributed by atoms with Gasteiger partial charge in [-0.05, 0) is 13.8 Å². The van der Waals surface area contributed by atoms with Crippen LogP contribution in [-0.2, 0) is 20.1 Å². The van der Waals surface area contributed by atoms with Crippen LogP contribution in [0.1, 0.15) is 16.8 Å². The van der Waals surface area contributed by atoms with Crippen molar-refractivity contribution < 1.29 is 4.39 Å². The van der Waals surface area contributed by atoms with Crippen LogP contribution in [0.15, 0.2) is 12.4 Å². The van der Waals surface area contributed by atoms with E-state index in [0.29, 0.717) is 13.1 Å². The molecule has 0 saturated heterocycles. The van der Waals surface area contributed by atoms with E-state index >= 15 is 0 Å². The van der Waals surface area contributed by atoms with Gasteiger partial charge in [-0.3, -0.25) is 9.36 Å². The second-order valence-electron chi connectivity index (χ2n) is 4.38. The zero-order valence-corrected chi connectivity index (χ0v) is 12.2. The Morgan fingerprint density at radius 1 is 1.26 bits per heavy atom. The molecule has 0 fully saturated rings. The van der Waals surface area contributed by atoms with E-state index in [9.17, 15) is 4.39 Å². The van der Waals surface area contributed by atoms with Gasteiger partial charge in [0.1, 0.15) is 6.67 Å². The Labute approximate surface area is 118 Å². The molecule has 5 nitrogen and oxygen atoms in total. The summed E-state index contributed by atoms with van der Waals surface area (Å²) in [5.41, 5.74) is 3.16. The van der Waals surface area contributed by atoms with Crippen LogP contribution in [0, 0.1) is 13.8 Å². The summed E-state index contributed by atoms with van der Waals surface area (Å²) in [6.07, 6.45) is 3.83. The number of nitrogens with one attached hydrogen (secondary N) is 1. The molecule has 2 aromatic rings. The second kappa shape index (κ2) is 6.56. The van der Waals surface area contributed by atoms with E-state index < -0.39 is 6.67 Å². The third-order valence-electron chi connectivity index (χ3n) is 2.82. The first-order valence-corrected chi connectivity index (χ1v) is 5.93. The molecule has 0 unspecified atom stereocenters. The van der Waals surface area contributed by atoms with Crippen LogP contribution in [0.4, 0.5) is 10.2 Å². The molecule has 0 saturated carbocycles. The van der Waals surface area contributed by atoms with Gasteiger partial charge in [0, 0.05) is 37.1 Å². The summed E-state index contributed by atoms with van der Waals surface area (Å²) >= 11 is 0. The third kappa shape index (κ3) is 3.70. The summed E-state index contributed by atoms with van der Waals surface area (Å²) < 4.78 is 15.6. The van der Waals surface area contributed by atoms with Gasteiger partial charge in [0.2, 0.25) is 0 Å². The quantitative estimate of drug-likeness (QED) is 0.917. The number of halogens is 2. The van der Waals surface area contributed by atoms with Gasteiger partial charge >= 0.3 is 0 Å². The number of hydrogen-bond acceptors (Lipinski definition) is 3. The van der Waals surface area contributed by atoms with E-state index in [2.05, 4.69) is 15.5 Å². The maximum absolute atomic E-state index is 12.2. The number of rotatable bonds is 5. The highest BCUT2D eigenvalue weighted by molar-refractivity contribution is 5.85. The van der Waals surface area contributed by atoms with Crippen molar-refractivity contribution in [1.29, 1.82) is 0 Å². The van der Waals surface area contributed by atoms with E-state index in [1.165, 1.54) is 0 Å². The van der Waals surface area contributed by atoms with Crippen molar-refractivity contribution in [2.45, 2.75) is 26.9 Å². The van der Waals surface area contributed by atoms with Gasteiger partial charge in [0.15, 0.2) is 5.82 Å². The molecule has 1 N–H and O–H groups in total. The van der Waals surface area contributed by atoms with Gasteiger partial charge in [0.25, 0.3) is 0 Å². The smallest absolute Gasteiger partial charge is 0.151 e. The van der Waals surface area contributed by atoms with E-state index in [0.717, 1.165) is 22.6 Å². The summed E-state index contributed by atoms with van der Waals surface area (Å²) in [6.45, 7) is 4.51. The number of alkyl halides is 1. The number of hydrogen-bond donors (Lipinski definition) is 1. The fraction of sp³-hybridized carbons (Fsp3) is 0.500. The van der Waals surface area contributed by atoms with Crippen molar-refractivity contribution in [2.24, 2.45) is 7.05 Å². The molecule has 0 aliphatic rings. The summed E-state index contributed by atoms with van der Waals surface area (Å²) in [4.78, 5) is 0. The summed E-state index contributed by atoms with van der Waals surface area (Å²) in [5, 5.41) is 11.8. The first-order valence-electron chi connectivity index (χ1n) is 5.93. The Hall–Kier alpha value is -1.56. The molecule has 0 radical (unpaired) electrons. The Morgan fingerprint density at radius 3 is 2.58 bits per heavy atom. The first kappa shape index (κ1) is 15.5. The van der Waals surface area contributed by atoms with Crippen molar-refractivity contribution >= 4 is 18.2 Å². The molecule has 2 heterocycles. The van der Waals surface area contributed by atoms with E-state index in [4.69, 9.17) is 0 Å². The molecule has 0 amide bonds. The van der Waals surface area contributed by atoms with Gasteiger partial charge in [-0.1, -0.05) is 0 Å². The lowest BCUT2D eigenvalue weighted by atomic mass is 10.2. The summed E-state index contributed by atoms with van der Waals surface area (Å²) in [6, 6.07) is 0. The highest BCUT2D eigenvalue weighted by Gasteiger charge is 2.07. The minimum atomic E-state index is -0.401. The Balaban J connectivity index is 0.00000180. The Morgan fingerprint density at radius 2 is 2.00 bits per heavy atom. The lowest BCUT2D eigenvalue weighted by Crippen LogP contribution is -2.04. The third-order valence-corrected chi connectivity index (χ3v) is 2.82. The van der Waals surface area contributed by atoms with Gasteiger partial charge in [0.05, 0.1) is 12.2 Å². The summed E-state index contributed by atoms with van der Waals surface area (Å²) in [5.74, 6) is 0.798. The average Bonchev–Trinajstić information content (AvgIpc) is 2.80. The first-order chi connectivity index (χ1) is 8.60. The van der Waals surface area contributed by atoms with Crippen molar-refractivity contribution in [3.05, 3.63) is 29.2 Å². The SMILES string of the molecule is Cc1cn(CCF)nc1NCc1cn(C)nc1C.Cl. The highest BCUT2D eigenvalue weighted by atomic mass is 35.5. The number of aryl methyl sites for hydroxylation is 4. The molecule has 106 valence electrons. The van der Waals surface area contributed by atoms with Crippen molar-refractivity contribution in [3.8, 4) is 0 Å². The lowest BCUT2D eigenvalue weighted by molar-refractivity contribution is 0.427. The molecule has 0 spiro atoms. The second-order valence-corrected chi connectivity index (χ2v) is 4.38. The van der Waals surface area contributed by atoms with E-state index in [-0.39, 0.29) is 12.4 Å². The maximum atomic E-state index is 12.2. The molecule has 0 atom stereocenters. The van der Waals surface area contributed by atoms with Crippen LogP contribution < -0.4 is 5.32 Å². The summed E-state index contributed by atoms with van der Waals surface area (Å²) in [7, 11) is 1.90. The molecule has 0 aromatic carbocycles. The van der Waals surface area contributed by atoms with Gasteiger partial charge in [-0.25, -0.2) is 4.39 Å². The molecular formula is C12H19ClFN5. The number of aromatic nitrogens is 4. The predicted octanol–water partition coefficient (Wildman–Crippen LogP) is 2.24. The molecule has 0 aliphatic carbocycles. The zero-order chi connectivity index (χ0) is 13.1. The number of anilines is 1. The lowest BCUT2D eigenvalue weighted by Gasteiger charge is -2.02. The normalized spacial score (nSPS) is 10.3. The highest BCUT2D eigenvalue weighted by Crippen LogP contribution is 2.14. The molecule has 2 rings (SSSR count). The van der Waals surface area contributed by atoms with Gasteiger partial charge in [-0.15, -0.1) is 12.4 Å². The fourth-order valence-electron chi connectivity index (χ4n) is 1.90. The topological polar surface area (TPSA) is 47.7 Å². The van der Waals surface area contributed by atoms with Crippen LogP contribution in [-0.4, -0.2) is 26.2 Å². The molecular weight excluding hydrogens is 269 g/mol. The van der Waals surface area contributed by atoms with Crippen molar-refractivity contribution in [2.75, 3.05) is 12.0 Å². The van der Waals surface area contributed by atoms with Gasteiger partial charge in [-0.2, -0.15) is 10.2 Å². The molecule has 0 aliphatic heterocycles. The Bertz CT molecular complexity index is 534. The van der Waals surface area contributed by atoms with Crippen molar-refractivity contribution in [1.82, 2.24) is 19.6 Å². The zero-order valence-electron chi connectivity index (χ0n) is 11.4. The van der Waals surface area contributed by atoms with E-state index in [1.54, 1.807) is 9.36 Å². The van der Waals surface area contributed by atoms with Crippen LogP contribution >= 0.6 is 12.4 Å². The average molecular weight is 288 g/mol. The van der Waals surface area contributed by atoms with Crippen LogP contribution in [0.25, 0.3) is 0 Å². The molecule has 7 heteroatoms. The van der Waals surface area contributed by atoms with E-state index in [1.807, 2.05) is 33.3 Å². The van der Waals surface area contributed by atoms with Crippen LogP contribution in [0.3, 0.4) is 0 Å². The predicted molar refractivity (Wildman–Crippen MR) is 75.5 cm³/mol. The minimum Gasteiger partial charge on any atom is -0.364 e. The van der Waals surface area contributed by atoms with Crippen LogP contribution in [0.5, 0.6) is 0 Å². The Kier molecular flexibility index (Phi) is 5.35. The van der Waals surface area contributed by atoms with Gasteiger partial charge < -0.3 is 5.32 Å².